The molecule has 162 valence electrons. The minimum atomic E-state index is -1.19. The maximum atomic E-state index is 12.6. The van der Waals surface area contributed by atoms with Gasteiger partial charge in [0.2, 0.25) is 11.8 Å². The van der Waals surface area contributed by atoms with Crippen molar-refractivity contribution in [2.75, 3.05) is 4.90 Å². The number of carboxylic acid groups (broad SMARTS) is 1. The Bertz CT molecular complexity index is 1080. The molecule has 13 heteroatoms. The van der Waals surface area contributed by atoms with E-state index in [1.54, 1.807) is 6.92 Å². The van der Waals surface area contributed by atoms with E-state index in [9.17, 15) is 29.3 Å². The molecule has 1 aromatic carbocycles. The molecule has 3 rings (SSSR count). The third-order valence-electron chi connectivity index (χ3n) is 4.59. The number of anilines is 1. The van der Waals surface area contributed by atoms with Crippen molar-refractivity contribution in [3.05, 3.63) is 51.7 Å². The van der Waals surface area contributed by atoms with Crippen LogP contribution < -0.4 is 15.8 Å². The van der Waals surface area contributed by atoms with Crippen molar-refractivity contribution in [1.82, 2.24) is 20.6 Å². The van der Waals surface area contributed by atoms with Crippen LogP contribution in [0.2, 0.25) is 0 Å². The van der Waals surface area contributed by atoms with Gasteiger partial charge in [-0.1, -0.05) is 6.07 Å². The van der Waals surface area contributed by atoms with Gasteiger partial charge in [0.15, 0.2) is 0 Å². The highest BCUT2D eigenvalue weighted by atomic mass is 16.6. The molecule has 1 atom stereocenters. The zero-order chi connectivity index (χ0) is 22.7. The molecule has 1 aromatic heterocycles. The molecule has 0 unspecified atom stereocenters. The lowest BCUT2D eigenvalue weighted by atomic mass is 10.2. The molecule has 0 aliphatic carbocycles. The van der Waals surface area contributed by atoms with Gasteiger partial charge < -0.3 is 15.2 Å². The second kappa shape index (κ2) is 8.71. The number of aromatic nitrogens is 2. The maximum Gasteiger partial charge on any atom is 0.390 e. The SMILES string of the molecule is Cc1cc([N+](=O)[O-])nn1CCC(=O)NN[C@@H]1CC(=O)N(c2cccc(C(=O)O)c2)C1=O. The molecule has 0 saturated carbocycles. The van der Waals surface area contributed by atoms with Crippen LogP contribution in [0.4, 0.5) is 11.5 Å². The fourth-order valence-electron chi connectivity index (χ4n) is 3.04. The van der Waals surface area contributed by atoms with Crippen molar-refractivity contribution in [2.45, 2.75) is 32.4 Å². The van der Waals surface area contributed by atoms with Crippen LogP contribution >= 0.6 is 0 Å². The minimum Gasteiger partial charge on any atom is -0.478 e. The van der Waals surface area contributed by atoms with Gasteiger partial charge in [0.05, 0.1) is 41.1 Å². The zero-order valence-electron chi connectivity index (χ0n) is 16.3. The Hall–Kier alpha value is -4.13. The second-order valence-electron chi connectivity index (χ2n) is 6.75. The highest BCUT2D eigenvalue weighted by Gasteiger charge is 2.39. The number of hydrazine groups is 1. The molecule has 31 heavy (non-hydrogen) atoms. The molecule has 13 nitrogen and oxygen atoms in total. The summed E-state index contributed by atoms with van der Waals surface area (Å²) in [6, 6.07) is 5.68. The Morgan fingerprint density at radius 1 is 1.32 bits per heavy atom. The number of carbonyl (C=O) groups is 4. The van der Waals surface area contributed by atoms with Gasteiger partial charge in [0.25, 0.3) is 5.91 Å². The highest BCUT2D eigenvalue weighted by molar-refractivity contribution is 6.22. The Kier molecular flexibility index (Phi) is 6.06. The number of aryl methyl sites for hydroxylation is 2. The average Bonchev–Trinajstić information content (AvgIpc) is 3.23. The number of hydrogen-bond donors (Lipinski definition) is 3. The molecule has 0 radical (unpaired) electrons. The summed E-state index contributed by atoms with van der Waals surface area (Å²) < 4.78 is 1.32. The summed E-state index contributed by atoms with van der Waals surface area (Å²) >= 11 is 0. The summed E-state index contributed by atoms with van der Waals surface area (Å²) in [5.41, 5.74) is 5.42. The molecule has 3 amide bonds. The van der Waals surface area contributed by atoms with E-state index in [4.69, 9.17) is 5.11 Å². The van der Waals surface area contributed by atoms with Crippen LogP contribution in [-0.4, -0.2) is 49.5 Å². The van der Waals surface area contributed by atoms with Gasteiger partial charge in [-0.3, -0.25) is 19.8 Å². The van der Waals surface area contributed by atoms with E-state index in [0.29, 0.717) is 5.69 Å². The lowest BCUT2D eigenvalue weighted by molar-refractivity contribution is -0.389. The van der Waals surface area contributed by atoms with Crippen molar-refractivity contribution in [3.63, 3.8) is 0 Å². The molecular formula is C18H18N6O7. The predicted molar refractivity (Wildman–Crippen MR) is 104 cm³/mol. The molecule has 1 fully saturated rings. The first-order chi connectivity index (χ1) is 14.7. The van der Waals surface area contributed by atoms with Crippen LogP contribution in [0, 0.1) is 17.0 Å². The zero-order valence-corrected chi connectivity index (χ0v) is 16.3. The van der Waals surface area contributed by atoms with Crippen molar-refractivity contribution < 1.29 is 29.2 Å². The fourth-order valence-corrected chi connectivity index (χ4v) is 3.04. The standard InChI is InChI=1S/C18H18N6O7/c1-10-7-14(24(30)31)21-22(10)6-5-15(25)20-19-13-9-16(26)23(17(13)27)12-4-2-3-11(8-12)18(28)29/h2-4,7-8,13,19H,5-6,9H2,1H3,(H,20,25)(H,28,29)/t13-/m1/s1. The first-order valence-corrected chi connectivity index (χ1v) is 9.10. The van der Waals surface area contributed by atoms with E-state index >= 15 is 0 Å². The first kappa shape index (κ1) is 21.6. The van der Waals surface area contributed by atoms with E-state index in [0.717, 1.165) is 4.90 Å². The molecule has 1 aliphatic heterocycles. The van der Waals surface area contributed by atoms with Gasteiger partial charge in [-0.15, -0.1) is 0 Å². The molecule has 2 aromatic rings. The summed E-state index contributed by atoms with van der Waals surface area (Å²) in [4.78, 5) is 59.0. The van der Waals surface area contributed by atoms with Crippen LogP contribution in [0.5, 0.6) is 0 Å². The molecular weight excluding hydrogens is 412 g/mol. The topological polar surface area (TPSA) is 177 Å². The van der Waals surface area contributed by atoms with Crippen molar-refractivity contribution in [2.24, 2.45) is 0 Å². The molecule has 0 bridgehead atoms. The summed E-state index contributed by atoms with van der Waals surface area (Å²) in [7, 11) is 0. The first-order valence-electron chi connectivity index (χ1n) is 9.10. The van der Waals surface area contributed by atoms with E-state index < -0.39 is 34.7 Å². The largest absolute Gasteiger partial charge is 0.478 e. The summed E-state index contributed by atoms with van der Waals surface area (Å²) in [6.07, 6.45) is -0.299. The van der Waals surface area contributed by atoms with E-state index in [-0.39, 0.29) is 36.5 Å². The fraction of sp³-hybridized carbons (Fsp3) is 0.278. The summed E-state index contributed by atoms with van der Waals surface area (Å²) in [5.74, 6) is -3.20. The van der Waals surface area contributed by atoms with Gasteiger partial charge in [0, 0.05) is 6.42 Å². The Morgan fingerprint density at radius 3 is 2.71 bits per heavy atom. The molecule has 1 aliphatic rings. The number of carboxylic acids is 1. The lowest BCUT2D eigenvalue weighted by Crippen LogP contribution is -2.48. The molecule has 2 heterocycles. The number of rotatable bonds is 8. The van der Waals surface area contributed by atoms with Crippen LogP contribution in [0.15, 0.2) is 30.3 Å². The van der Waals surface area contributed by atoms with E-state index in [2.05, 4.69) is 16.0 Å². The van der Waals surface area contributed by atoms with Crippen molar-refractivity contribution >= 4 is 35.2 Å². The Balaban J connectivity index is 1.56. The minimum absolute atomic E-state index is 0.0723. The Morgan fingerprint density at radius 2 is 2.06 bits per heavy atom. The number of carbonyl (C=O) groups excluding carboxylic acids is 3. The number of nitrogens with one attached hydrogen (secondary N) is 2. The third kappa shape index (κ3) is 4.72. The molecule has 3 N–H and O–H groups in total. The third-order valence-corrected chi connectivity index (χ3v) is 4.59. The van der Waals surface area contributed by atoms with E-state index in [1.165, 1.54) is 35.0 Å². The summed E-state index contributed by atoms with van der Waals surface area (Å²) in [6.45, 7) is 1.70. The van der Waals surface area contributed by atoms with Crippen LogP contribution in [0.3, 0.4) is 0 Å². The van der Waals surface area contributed by atoms with E-state index in [1.807, 2.05) is 0 Å². The van der Waals surface area contributed by atoms with Gasteiger partial charge in [-0.05, 0) is 30.0 Å². The van der Waals surface area contributed by atoms with Gasteiger partial charge >= 0.3 is 11.8 Å². The number of benzene rings is 1. The average molecular weight is 430 g/mol. The number of nitro groups is 1. The normalized spacial score (nSPS) is 15.9. The van der Waals surface area contributed by atoms with Gasteiger partial charge in [-0.2, -0.15) is 4.68 Å². The van der Waals surface area contributed by atoms with Crippen LogP contribution in [0.1, 0.15) is 28.9 Å². The molecule has 1 saturated heterocycles. The van der Waals surface area contributed by atoms with Crippen LogP contribution in [-0.2, 0) is 20.9 Å². The van der Waals surface area contributed by atoms with Crippen molar-refractivity contribution in [1.29, 1.82) is 0 Å². The second-order valence-corrected chi connectivity index (χ2v) is 6.75. The number of hydrogen-bond acceptors (Lipinski definition) is 8. The van der Waals surface area contributed by atoms with Gasteiger partial charge in [-0.25, -0.2) is 15.1 Å². The smallest absolute Gasteiger partial charge is 0.390 e. The monoisotopic (exact) mass is 430 g/mol. The maximum absolute atomic E-state index is 12.6. The predicted octanol–water partition coefficient (Wildman–Crippen LogP) is 0.141. The highest BCUT2D eigenvalue weighted by Crippen LogP contribution is 2.23. The quantitative estimate of drug-likeness (QED) is 0.298. The van der Waals surface area contributed by atoms with Crippen molar-refractivity contribution in [3.8, 4) is 0 Å². The number of nitrogens with zero attached hydrogens (tertiary/aromatic N) is 4. The number of amides is 3. The Labute approximate surface area is 174 Å². The number of imide groups is 1. The van der Waals surface area contributed by atoms with Crippen LogP contribution in [0.25, 0.3) is 0 Å². The summed E-state index contributed by atoms with van der Waals surface area (Å²) in [5, 5.41) is 23.6. The number of aromatic carboxylic acids is 1. The van der Waals surface area contributed by atoms with Gasteiger partial charge in [0.1, 0.15) is 6.04 Å². The lowest BCUT2D eigenvalue weighted by Gasteiger charge is -2.16. The molecule has 0 spiro atoms.